The third-order valence-corrected chi connectivity index (χ3v) is 3.71. The van der Waals surface area contributed by atoms with E-state index in [1.165, 1.54) is 24.0 Å². The zero-order valence-electron chi connectivity index (χ0n) is 11.6. The van der Waals surface area contributed by atoms with Crippen LogP contribution in [0, 0.1) is 0 Å². The van der Waals surface area contributed by atoms with Gasteiger partial charge in [0.15, 0.2) is 0 Å². The molecule has 1 saturated heterocycles. The highest BCUT2D eigenvalue weighted by molar-refractivity contribution is 5.50. The molecule has 0 spiro atoms. The van der Waals surface area contributed by atoms with Gasteiger partial charge in [-0.2, -0.15) is 0 Å². The smallest absolute Gasteiger partial charge is 0.128 e. The Bertz CT molecular complexity index is 398. The van der Waals surface area contributed by atoms with Crippen LogP contribution >= 0.6 is 0 Å². The Kier molecular flexibility index (Phi) is 4.48. The molecular formula is C15H23NO2. The van der Waals surface area contributed by atoms with Crippen LogP contribution in [0.2, 0.25) is 0 Å². The molecule has 0 saturated carbocycles. The van der Waals surface area contributed by atoms with Gasteiger partial charge in [-0.3, -0.25) is 0 Å². The molecule has 3 heteroatoms. The van der Waals surface area contributed by atoms with Gasteiger partial charge in [-0.1, -0.05) is 13.0 Å². The molecule has 1 N–H and O–H groups in total. The minimum Gasteiger partial charge on any atom is -0.496 e. The van der Waals surface area contributed by atoms with Crippen molar-refractivity contribution in [3.05, 3.63) is 23.3 Å². The first-order valence-corrected chi connectivity index (χ1v) is 6.76. The van der Waals surface area contributed by atoms with Gasteiger partial charge in [0.2, 0.25) is 0 Å². The normalized spacial score (nSPS) is 18.9. The zero-order valence-corrected chi connectivity index (χ0v) is 11.6. The Hall–Kier alpha value is -1.22. The predicted molar refractivity (Wildman–Crippen MR) is 73.7 cm³/mol. The van der Waals surface area contributed by atoms with E-state index < -0.39 is 0 Å². The minimum absolute atomic E-state index is 0.594. The standard InChI is InChI=1S/C15H23NO2/c1-4-13-14(17-2)8-7-11(15(13)18-3)10-12-6-5-9-16-12/h7-8,12,16H,4-6,9-10H2,1-3H3. The SMILES string of the molecule is CCc1c(OC)ccc(CC2CCCN2)c1OC. The van der Waals surface area contributed by atoms with Gasteiger partial charge in [0.05, 0.1) is 14.2 Å². The molecule has 3 nitrogen and oxygen atoms in total. The van der Waals surface area contributed by atoms with Crippen LogP contribution < -0.4 is 14.8 Å². The summed E-state index contributed by atoms with van der Waals surface area (Å²) in [5.74, 6) is 1.93. The quantitative estimate of drug-likeness (QED) is 0.870. The van der Waals surface area contributed by atoms with Crippen molar-refractivity contribution in [3.8, 4) is 11.5 Å². The van der Waals surface area contributed by atoms with Crippen LogP contribution in [0.3, 0.4) is 0 Å². The largest absolute Gasteiger partial charge is 0.496 e. The van der Waals surface area contributed by atoms with Gasteiger partial charge >= 0.3 is 0 Å². The number of methoxy groups -OCH3 is 2. The van der Waals surface area contributed by atoms with Crippen molar-refractivity contribution in [2.45, 2.75) is 38.6 Å². The molecule has 0 aliphatic carbocycles. The van der Waals surface area contributed by atoms with Gasteiger partial charge in [-0.25, -0.2) is 0 Å². The summed E-state index contributed by atoms with van der Waals surface area (Å²) in [5, 5.41) is 3.54. The lowest BCUT2D eigenvalue weighted by Crippen LogP contribution is -2.24. The first-order valence-electron chi connectivity index (χ1n) is 6.76. The third-order valence-electron chi connectivity index (χ3n) is 3.71. The summed E-state index contributed by atoms with van der Waals surface area (Å²) in [5.41, 5.74) is 2.46. The van der Waals surface area contributed by atoms with E-state index in [0.29, 0.717) is 6.04 Å². The molecule has 0 radical (unpaired) electrons. The van der Waals surface area contributed by atoms with Gasteiger partial charge in [0.25, 0.3) is 0 Å². The van der Waals surface area contributed by atoms with Crippen molar-refractivity contribution in [2.24, 2.45) is 0 Å². The van der Waals surface area contributed by atoms with E-state index in [0.717, 1.165) is 30.9 Å². The van der Waals surface area contributed by atoms with Crippen molar-refractivity contribution in [1.29, 1.82) is 0 Å². The van der Waals surface area contributed by atoms with Crippen molar-refractivity contribution in [3.63, 3.8) is 0 Å². The average Bonchev–Trinajstić information content (AvgIpc) is 2.90. The molecule has 1 aromatic carbocycles. The summed E-state index contributed by atoms with van der Waals surface area (Å²) in [6.07, 6.45) is 4.51. The summed E-state index contributed by atoms with van der Waals surface area (Å²) in [4.78, 5) is 0. The maximum absolute atomic E-state index is 5.61. The summed E-state index contributed by atoms with van der Waals surface area (Å²) in [6, 6.07) is 4.79. The molecular weight excluding hydrogens is 226 g/mol. The van der Waals surface area contributed by atoms with Crippen molar-refractivity contribution >= 4 is 0 Å². The van der Waals surface area contributed by atoms with Gasteiger partial charge < -0.3 is 14.8 Å². The van der Waals surface area contributed by atoms with E-state index in [-0.39, 0.29) is 0 Å². The highest BCUT2D eigenvalue weighted by Crippen LogP contribution is 2.33. The molecule has 1 unspecified atom stereocenters. The second-order valence-electron chi connectivity index (χ2n) is 4.79. The minimum atomic E-state index is 0.594. The van der Waals surface area contributed by atoms with E-state index >= 15 is 0 Å². The van der Waals surface area contributed by atoms with Gasteiger partial charge in [-0.15, -0.1) is 0 Å². The lowest BCUT2D eigenvalue weighted by Gasteiger charge is -2.18. The first kappa shape index (κ1) is 13.2. The molecule has 1 aromatic rings. The predicted octanol–water partition coefficient (Wildman–Crippen LogP) is 2.56. The van der Waals surface area contributed by atoms with E-state index in [9.17, 15) is 0 Å². The van der Waals surface area contributed by atoms with Crippen LogP contribution in [0.5, 0.6) is 11.5 Å². The van der Waals surface area contributed by atoms with Gasteiger partial charge in [-0.05, 0) is 43.9 Å². The molecule has 1 aliphatic heterocycles. The van der Waals surface area contributed by atoms with E-state index in [4.69, 9.17) is 9.47 Å². The number of nitrogens with one attached hydrogen (secondary N) is 1. The van der Waals surface area contributed by atoms with Crippen LogP contribution in [0.4, 0.5) is 0 Å². The number of benzene rings is 1. The first-order chi connectivity index (χ1) is 8.80. The summed E-state index contributed by atoms with van der Waals surface area (Å²) < 4.78 is 11.0. The maximum atomic E-state index is 5.61. The topological polar surface area (TPSA) is 30.5 Å². The van der Waals surface area contributed by atoms with Crippen LogP contribution in [-0.4, -0.2) is 26.8 Å². The van der Waals surface area contributed by atoms with Crippen molar-refractivity contribution in [2.75, 3.05) is 20.8 Å². The summed E-state index contributed by atoms with van der Waals surface area (Å²) in [6.45, 7) is 3.28. The molecule has 1 fully saturated rings. The fraction of sp³-hybridized carbons (Fsp3) is 0.600. The molecule has 18 heavy (non-hydrogen) atoms. The molecule has 1 heterocycles. The van der Waals surface area contributed by atoms with Gasteiger partial charge in [0.1, 0.15) is 11.5 Å². The molecule has 100 valence electrons. The number of ether oxygens (including phenoxy) is 2. The van der Waals surface area contributed by atoms with Crippen molar-refractivity contribution in [1.82, 2.24) is 5.32 Å². The second kappa shape index (κ2) is 6.10. The Morgan fingerprint density at radius 3 is 2.67 bits per heavy atom. The summed E-state index contributed by atoms with van der Waals surface area (Å²) >= 11 is 0. The lowest BCUT2D eigenvalue weighted by molar-refractivity contribution is 0.381. The fourth-order valence-electron chi connectivity index (χ4n) is 2.80. The number of hydrogen-bond donors (Lipinski definition) is 1. The second-order valence-corrected chi connectivity index (χ2v) is 4.79. The average molecular weight is 249 g/mol. The van der Waals surface area contributed by atoms with Gasteiger partial charge in [0, 0.05) is 11.6 Å². The zero-order chi connectivity index (χ0) is 13.0. The monoisotopic (exact) mass is 249 g/mol. The maximum Gasteiger partial charge on any atom is 0.128 e. The van der Waals surface area contributed by atoms with Crippen LogP contribution in [0.15, 0.2) is 12.1 Å². The lowest BCUT2D eigenvalue weighted by atomic mass is 9.99. The Balaban J connectivity index is 2.28. The molecule has 0 bridgehead atoms. The molecule has 1 aliphatic rings. The summed E-state index contributed by atoms with van der Waals surface area (Å²) in [7, 11) is 3.46. The van der Waals surface area contributed by atoms with E-state index in [1.54, 1.807) is 14.2 Å². The van der Waals surface area contributed by atoms with Crippen molar-refractivity contribution < 1.29 is 9.47 Å². The fourth-order valence-corrected chi connectivity index (χ4v) is 2.80. The Morgan fingerprint density at radius 2 is 2.11 bits per heavy atom. The van der Waals surface area contributed by atoms with E-state index in [2.05, 4.69) is 24.4 Å². The van der Waals surface area contributed by atoms with Crippen LogP contribution in [-0.2, 0) is 12.8 Å². The van der Waals surface area contributed by atoms with Crippen LogP contribution in [0.1, 0.15) is 30.9 Å². The highest BCUT2D eigenvalue weighted by Gasteiger charge is 2.19. The number of hydrogen-bond acceptors (Lipinski definition) is 3. The Labute approximate surface area is 109 Å². The molecule has 0 aromatic heterocycles. The van der Waals surface area contributed by atoms with Crippen LogP contribution in [0.25, 0.3) is 0 Å². The Morgan fingerprint density at radius 1 is 1.28 bits per heavy atom. The molecule has 0 amide bonds. The molecule has 2 rings (SSSR count). The highest BCUT2D eigenvalue weighted by atomic mass is 16.5. The third kappa shape index (κ3) is 2.61. The number of rotatable bonds is 5. The van der Waals surface area contributed by atoms with E-state index in [1.807, 2.05) is 0 Å². The molecule has 1 atom stereocenters.